The molecule has 3 rings (SSSR count). The van der Waals surface area contributed by atoms with Crippen LogP contribution in [-0.4, -0.2) is 72.1 Å². The molecule has 2 saturated heterocycles. The summed E-state index contributed by atoms with van der Waals surface area (Å²) in [7, 11) is 0. The molecule has 0 atom stereocenters. The number of carbonyl (C=O) groups is 3. The molecule has 8 nitrogen and oxygen atoms in total. The number of amides is 2. The number of carbonyl (C=O) groups excluding carboxylic acids is 3. The van der Waals surface area contributed by atoms with E-state index in [4.69, 9.17) is 9.47 Å². The lowest BCUT2D eigenvalue weighted by molar-refractivity contribution is -0.162. The first kappa shape index (κ1) is 25.0. The van der Waals surface area contributed by atoms with E-state index in [1.807, 2.05) is 56.0 Å². The van der Waals surface area contributed by atoms with Crippen LogP contribution in [0.15, 0.2) is 30.3 Å². The maximum Gasteiger partial charge on any atom is 0.407 e. The lowest BCUT2D eigenvalue weighted by Crippen LogP contribution is -2.49. The number of piperidine rings is 2. The molecule has 2 amide bonds. The summed E-state index contributed by atoms with van der Waals surface area (Å²) >= 11 is 0. The number of hydrogen-bond donors (Lipinski definition) is 1. The maximum absolute atomic E-state index is 12.7. The van der Waals surface area contributed by atoms with Crippen molar-refractivity contribution in [3.8, 4) is 0 Å². The molecule has 1 aromatic carbocycles. The smallest absolute Gasteiger partial charge is 0.407 e. The van der Waals surface area contributed by atoms with Crippen LogP contribution < -0.4 is 5.32 Å². The first-order chi connectivity index (χ1) is 15.7. The van der Waals surface area contributed by atoms with Crippen molar-refractivity contribution >= 4 is 18.0 Å². The zero-order chi connectivity index (χ0) is 23.8. The van der Waals surface area contributed by atoms with Crippen LogP contribution in [0.25, 0.3) is 0 Å². The molecule has 0 spiro atoms. The topological polar surface area (TPSA) is 88.2 Å². The van der Waals surface area contributed by atoms with Crippen molar-refractivity contribution in [1.82, 2.24) is 15.1 Å². The summed E-state index contributed by atoms with van der Waals surface area (Å²) in [5.41, 5.74) is 0.472. The number of rotatable bonds is 6. The van der Waals surface area contributed by atoms with Crippen LogP contribution in [0.4, 0.5) is 4.79 Å². The summed E-state index contributed by atoms with van der Waals surface area (Å²) < 4.78 is 10.8. The lowest BCUT2D eigenvalue weighted by atomic mass is 9.96. The van der Waals surface area contributed by atoms with Crippen LogP contribution in [0.3, 0.4) is 0 Å². The van der Waals surface area contributed by atoms with Gasteiger partial charge in [-0.25, -0.2) is 4.79 Å². The fraction of sp³-hybridized carbons (Fsp3) is 0.640. The molecule has 8 heteroatoms. The van der Waals surface area contributed by atoms with E-state index < -0.39 is 11.7 Å². The Hall–Kier alpha value is -2.61. The van der Waals surface area contributed by atoms with Gasteiger partial charge in [0.05, 0.1) is 12.5 Å². The molecule has 2 aliphatic rings. The molecule has 0 radical (unpaired) electrons. The second kappa shape index (κ2) is 11.5. The van der Waals surface area contributed by atoms with Gasteiger partial charge in [0, 0.05) is 32.2 Å². The summed E-state index contributed by atoms with van der Waals surface area (Å²) in [4.78, 5) is 41.0. The molecule has 0 aliphatic carbocycles. The monoisotopic (exact) mass is 459 g/mol. The Morgan fingerprint density at radius 1 is 0.970 bits per heavy atom. The van der Waals surface area contributed by atoms with Gasteiger partial charge in [-0.3, -0.25) is 14.5 Å². The predicted octanol–water partition coefficient (Wildman–Crippen LogP) is 2.96. The van der Waals surface area contributed by atoms with Gasteiger partial charge >= 0.3 is 12.1 Å². The first-order valence-electron chi connectivity index (χ1n) is 11.9. The molecule has 0 unspecified atom stereocenters. The number of alkyl carbamates (subject to hydrolysis) is 1. The second-order valence-corrected chi connectivity index (χ2v) is 9.95. The number of likely N-dealkylation sites (tertiary alicyclic amines) is 2. The number of ether oxygens (including phenoxy) is 2. The second-order valence-electron chi connectivity index (χ2n) is 9.95. The van der Waals surface area contributed by atoms with E-state index in [0.717, 1.165) is 31.5 Å². The van der Waals surface area contributed by atoms with E-state index in [1.165, 1.54) is 0 Å². The third kappa shape index (κ3) is 8.35. The van der Waals surface area contributed by atoms with Crippen molar-refractivity contribution in [2.75, 3.05) is 32.7 Å². The quantitative estimate of drug-likeness (QED) is 0.658. The number of hydrogen-bond acceptors (Lipinski definition) is 6. The number of nitrogens with zero attached hydrogens (tertiary/aromatic N) is 2. The highest BCUT2D eigenvalue weighted by Gasteiger charge is 2.31. The fourth-order valence-electron chi connectivity index (χ4n) is 4.21. The molecule has 1 N–H and O–H groups in total. The molecule has 0 saturated carbocycles. The summed E-state index contributed by atoms with van der Waals surface area (Å²) in [5, 5.41) is 2.93. The number of nitrogens with one attached hydrogen (secondary N) is 1. The van der Waals surface area contributed by atoms with Crippen LogP contribution in [0.5, 0.6) is 0 Å². The van der Waals surface area contributed by atoms with Crippen LogP contribution in [0.1, 0.15) is 52.0 Å². The molecule has 2 heterocycles. The van der Waals surface area contributed by atoms with Gasteiger partial charge in [-0.2, -0.15) is 0 Å². The molecule has 2 aliphatic heterocycles. The van der Waals surface area contributed by atoms with Crippen molar-refractivity contribution in [1.29, 1.82) is 0 Å². The van der Waals surface area contributed by atoms with E-state index in [9.17, 15) is 14.4 Å². The molecular weight excluding hydrogens is 422 g/mol. The minimum absolute atomic E-state index is 0.0594. The number of benzene rings is 1. The van der Waals surface area contributed by atoms with E-state index in [2.05, 4.69) is 10.2 Å². The Morgan fingerprint density at radius 2 is 1.61 bits per heavy atom. The van der Waals surface area contributed by atoms with Gasteiger partial charge in [-0.05, 0) is 52.0 Å². The van der Waals surface area contributed by atoms with Gasteiger partial charge < -0.3 is 19.7 Å². The Morgan fingerprint density at radius 3 is 2.21 bits per heavy atom. The Labute approximate surface area is 196 Å². The molecule has 1 aromatic rings. The predicted molar refractivity (Wildman–Crippen MR) is 124 cm³/mol. The van der Waals surface area contributed by atoms with Gasteiger partial charge in [-0.1, -0.05) is 30.3 Å². The van der Waals surface area contributed by atoms with E-state index in [1.54, 1.807) is 0 Å². The summed E-state index contributed by atoms with van der Waals surface area (Å²) in [6.07, 6.45) is 2.47. The highest BCUT2D eigenvalue weighted by molar-refractivity contribution is 5.79. The minimum Gasteiger partial charge on any atom is -0.460 e. The van der Waals surface area contributed by atoms with Crippen LogP contribution in [0.2, 0.25) is 0 Å². The Kier molecular flexibility index (Phi) is 8.72. The molecular formula is C25H37N3O5. The lowest BCUT2D eigenvalue weighted by Gasteiger charge is -2.35. The molecule has 0 aromatic heterocycles. The average molecular weight is 460 g/mol. The van der Waals surface area contributed by atoms with E-state index >= 15 is 0 Å². The van der Waals surface area contributed by atoms with Crippen molar-refractivity contribution < 1.29 is 23.9 Å². The van der Waals surface area contributed by atoms with Crippen LogP contribution in [-0.2, 0) is 25.7 Å². The van der Waals surface area contributed by atoms with Crippen molar-refractivity contribution in [3.05, 3.63) is 35.9 Å². The Bertz CT molecular complexity index is 792. The third-order valence-corrected chi connectivity index (χ3v) is 6.07. The van der Waals surface area contributed by atoms with E-state index in [-0.39, 0.29) is 30.4 Å². The standard InChI is InChI=1S/C25H37N3O5/c1-25(2,3)33-23(30)20-9-15-28(16-10-20)22(29)17-27-13-11-21(12-14-27)26-24(31)32-18-19-7-5-4-6-8-19/h4-8,20-21H,9-18H2,1-3H3,(H,26,31). The molecule has 0 bridgehead atoms. The summed E-state index contributed by atoms with van der Waals surface area (Å²) in [6.45, 7) is 8.93. The van der Waals surface area contributed by atoms with Crippen molar-refractivity contribution in [2.45, 2.75) is 64.7 Å². The fourth-order valence-corrected chi connectivity index (χ4v) is 4.21. The van der Waals surface area contributed by atoms with Crippen LogP contribution >= 0.6 is 0 Å². The highest BCUT2D eigenvalue weighted by Crippen LogP contribution is 2.22. The molecule has 182 valence electrons. The van der Waals surface area contributed by atoms with Gasteiger partial charge in [0.15, 0.2) is 0 Å². The summed E-state index contributed by atoms with van der Waals surface area (Å²) in [5.74, 6) is -0.186. The van der Waals surface area contributed by atoms with Gasteiger partial charge in [0.1, 0.15) is 12.2 Å². The SMILES string of the molecule is CC(C)(C)OC(=O)C1CCN(C(=O)CN2CCC(NC(=O)OCc3ccccc3)CC2)CC1. The molecule has 2 fully saturated rings. The van der Waals surface area contributed by atoms with Gasteiger partial charge in [0.2, 0.25) is 5.91 Å². The average Bonchev–Trinajstić information content (AvgIpc) is 2.78. The number of esters is 1. The third-order valence-electron chi connectivity index (χ3n) is 6.07. The van der Waals surface area contributed by atoms with Crippen molar-refractivity contribution in [3.63, 3.8) is 0 Å². The molecule has 33 heavy (non-hydrogen) atoms. The van der Waals surface area contributed by atoms with Gasteiger partial charge in [0.25, 0.3) is 0 Å². The van der Waals surface area contributed by atoms with Crippen molar-refractivity contribution in [2.24, 2.45) is 5.92 Å². The summed E-state index contributed by atoms with van der Waals surface area (Å²) in [6, 6.07) is 9.65. The normalized spacial score (nSPS) is 18.6. The Balaban J connectivity index is 1.32. The zero-order valence-electron chi connectivity index (χ0n) is 20.0. The maximum atomic E-state index is 12.7. The first-order valence-corrected chi connectivity index (χ1v) is 11.9. The zero-order valence-corrected chi connectivity index (χ0v) is 20.0. The van der Waals surface area contributed by atoms with Crippen LogP contribution in [0, 0.1) is 5.92 Å². The van der Waals surface area contributed by atoms with E-state index in [0.29, 0.717) is 32.5 Å². The minimum atomic E-state index is -0.482. The largest absolute Gasteiger partial charge is 0.460 e. The van der Waals surface area contributed by atoms with Gasteiger partial charge in [-0.15, -0.1) is 0 Å². The highest BCUT2D eigenvalue weighted by atomic mass is 16.6.